The fraction of sp³-hybridized carbons (Fsp3) is 0.407. The van der Waals surface area contributed by atoms with E-state index in [2.05, 4.69) is 41.2 Å². The lowest BCUT2D eigenvalue weighted by Gasteiger charge is -2.28. The fourth-order valence-corrected chi connectivity index (χ4v) is 5.75. The molecule has 176 valence electrons. The van der Waals surface area contributed by atoms with Crippen LogP contribution in [-0.4, -0.2) is 37.0 Å². The molecule has 6 rings (SSSR count). The molecule has 2 aliphatic carbocycles. The minimum atomic E-state index is -0.872. The molecule has 3 heterocycles. The maximum Gasteiger partial charge on any atom is 0.142 e. The first-order valence-electron chi connectivity index (χ1n) is 12.1. The average molecular weight is 458 g/mol. The summed E-state index contributed by atoms with van der Waals surface area (Å²) in [5.41, 5.74) is 16.5. The summed E-state index contributed by atoms with van der Waals surface area (Å²) >= 11 is 0. The maximum absolute atomic E-state index is 11.0. The van der Waals surface area contributed by atoms with Crippen molar-refractivity contribution in [3.05, 3.63) is 59.9 Å². The third kappa shape index (κ3) is 3.42. The summed E-state index contributed by atoms with van der Waals surface area (Å²) in [5, 5.41) is 24.0. The summed E-state index contributed by atoms with van der Waals surface area (Å²) in [4.78, 5) is 9.15. The molecule has 0 spiro atoms. The Morgan fingerprint density at radius 1 is 1.12 bits per heavy atom. The highest BCUT2D eigenvalue weighted by molar-refractivity contribution is 5.88. The number of benzene rings is 1. The monoisotopic (exact) mass is 457 g/mol. The molecule has 0 radical (unpaired) electrons. The van der Waals surface area contributed by atoms with Gasteiger partial charge < -0.3 is 26.2 Å². The van der Waals surface area contributed by atoms with Crippen molar-refractivity contribution in [3.8, 4) is 0 Å². The third-order valence-corrected chi connectivity index (χ3v) is 8.06. The highest BCUT2D eigenvalue weighted by Gasteiger charge is 2.50. The molecule has 0 amide bonds. The van der Waals surface area contributed by atoms with Crippen LogP contribution < -0.4 is 11.5 Å². The first-order chi connectivity index (χ1) is 16.3. The Labute approximate surface area is 198 Å². The number of fused-ring (bicyclic) bond motifs is 2. The summed E-state index contributed by atoms with van der Waals surface area (Å²) in [6, 6.07) is 12.0. The van der Waals surface area contributed by atoms with Gasteiger partial charge in [0.05, 0.1) is 17.7 Å². The van der Waals surface area contributed by atoms with Crippen LogP contribution in [0.1, 0.15) is 55.7 Å². The summed E-state index contributed by atoms with van der Waals surface area (Å²) in [6.45, 7) is 2.06. The molecule has 0 unspecified atom stereocenters. The Balaban J connectivity index is 1.23. The Hall–Kier alpha value is -3.16. The molecule has 2 saturated carbocycles. The second-order valence-electron chi connectivity index (χ2n) is 10.5. The predicted molar refractivity (Wildman–Crippen MR) is 134 cm³/mol. The highest BCUT2D eigenvalue weighted by atomic mass is 16.3. The molecule has 0 aliphatic heterocycles. The molecule has 2 fully saturated rings. The van der Waals surface area contributed by atoms with Crippen LogP contribution in [0, 0.1) is 5.41 Å². The van der Waals surface area contributed by atoms with Crippen molar-refractivity contribution in [2.75, 3.05) is 11.5 Å². The van der Waals surface area contributed by atoms with Gasteiger partial charge in [-0.2, -0.15) is 0 Å². The van der Waals surface area contributed by atoms with E-state index in [1.165, 1.54) is 18.4 Å². The average Bonchev–Trinajstić information content (AvgIpc) is 3.53. The van der Waals surface area contributed by atoms with Gasteiger partial charge in [0.15, 0.2) is 0 Å². The van der Waals surface area contributed by atoms with Crippen molar-refractivity contribution in [2.45, 2.75) is 63.2 Å². The van der Waals surface area contributed by atoms with Gasteiger partial charge in [0, 0.05) is 28.9 Å². The molecule has 7 nitrogen and oxygen atoms in total. The lowest BCUT2D eigenvalue weighted by atomic mass is 9.80. The molecule has 2 aliphatic rings. The van der Waals surface area contributed by atoms with Crippen LogP contribution in [-0.2, 0) is 6.42 Å². The highest BCUT2D eigenvalue weighted by Crippen LogP contribution is 2.48. The molecule has 4 atom stereocenters. The number of pyridine rings is 2. The molecule has 3 aromatic heterocycles. The van der Waals surface area contributed by atoms with Gasteiger partial charge in [-0.15, -0.1) is 0 Å². The van der Waals surface area contributed by atoms with E-state index in [0.29, 0.717) is 23.8 Å². The van der Waals surface area contributed by atoms with Gasteiger partial charge in [-0.1, -0.05) is 19.1 Å². The topological polar surface area (TPSA) is 123 Å². The van der Waals surface area contributed by atoms with Crippen LogP contribution in [0.3, 0.4) is 0 Å². The minimum Gasteiger partial charge on any atom is -0.398 e. The van der Waals surface area contributed by atoms with Crippen molar-refractivity contribution in [3.63, 3.8) is 0 Å². The van der Waals surface area contributed by atoms with E-state index in [4.69, 9.17) is 11.5 Å². The largest absolute Gasteiger partial charge is 0.398 e. The molecule has 4 aromatic rings. The Bertz CT molecular complexity index is 1390. The molecule has 0 saturated heterocycles. The summed E-state index contributed by atoms with van der Waals surface area (Å²) in [5.74, 6) is 1.22. The van der Waals surface area contributed by atoms with E-state index < -0.39 is 17.6 Å². The van der Waals surface area contributed by atoms with Gasteiger partial charge in [-0.3, -0.25) is 0 Å². The van der Waals surface area contributed by atoms with Gasteiger partial charge in [0.1, 0.15) is 17.6 Å². The van der Waals surface area contributed by atoms with Crippen LogP contribution in [0.4, 0.5) is 11.5 Å². The molecular weight excluding hydrogens is 426 g/mol. The van der Waals surface area contributed by atoms with E-state index in [-0.39, 0.29) is 6.04 Å². The third-order valence-electron chi connectivity index (χ3n) is 8.06. The zero-order valence-corrected chi connectivity index (χ0v) is 19.4. The van der Waals surface area contributed by atoms with Crippen LogP contribution in [0.2, 0.25) is 0 Å². The predicted octanol–water partition coefficient (Wildman–Crippen LogP) is 3.93. The smallest absolute Gasteiger partial charge is 0.142 e. The number of aliphatic hydroxyl groups excluding tert-OH is 2. The second-order valence-corrected chi connectivity index (χ2v) is 10.5. The molecule has 7 heteroatoms. The summed E-state index contributed by atoms with van der Waals surface area (Å²) in [6.07, 6.45) is 6.48. The van der Waals surface area contributed by atoms with Crippen molar-refractivity contribution in [1.29, 1.82) is 0 Å². The zero-order valence-electron chi connectivity index (χ0n) is 19.4. The van der Waals surface area contributed by atoms with Crippen LogP contribution in [0.5, 0.6) is 0 Å². The molecule has 34 heavy (non-hydrogen) atoms. The Kier molecular flexibility index (Phi) is 4.83. The first-order valence-corrected chi connectivity index (χ1v) is 12.1. The lowest BCUT2D eigenvalue weighted by molar-refractivity contribution is -0.0241. The number of hydrogen-bond donors (Lipinski definition) is 4. The quantitative estimate of drug-likeness (QED) is 0.360. The SMILES string of the molecule is C[C@]1(CCc2ccc3cc(C4CC4)c(N)nc3c2)C[C@@H](n2ccc3c(N)ccnc32)[C@H](O)[C@@H]1O. The Morgan fingerprint density at radius 2 is 1.94 bits per heavy atom. The minimum absolute atomic E-state index is 0.259. The fourth-order valence-electron chi connectivity index (χ4n) is 5.75. The number of hydrogen-bond acceptors (Lipinski definition) is 6. The van der Waals surface area contributed by atoms with E-state index in [1.807, 2.05) is 16.8 Å². The van der Waals surface area contributed by atoms with Gasteiger partial charge in [0.25, 0.3) is 0 Å². The standard InChI is InChI=1S/C27H31N5O2/c1-27(9-6-15-2-3-17-13-19(16-4-5-16)25(29)31-21(17)12-15)14-22(23(33)24(27)34)32-11-8-18-20(28)7-10-30-26(18)32/h2-3,7-8,10-13,16,22-24,33-34H,4-6,9,14H2,1H3,(H2,28,30)(H2,29,31)/t22-,23+,24+,27+/m1/s1. The lowest BCUT2D eigenvalue weighted by Crippen LogP contribution is -2.35. The van der Waals surface area contributed by atoms with Crippen molar-refractivity contribution < 1.29 is 10.2 Å². The number of aromatic nitrogens is 3. The summed E-state index contributed by atoms with van der Waals surface area (Å²) in [7, 11) is 0. The van der Waals surface area contributed by atoms with Crippen molar-refractivity contribution in [2.24, 2.45) is 5.41 Å². The van der Waals surface area contributed by atoms with Gasteiger partial charge >= 0.3 is 0 Å². The number of nitrogen functional groups attached to an aromatic ring is 2. The van der Waals surface area contributed by atoms with Gasteiger partial charge in [0.2, 0.25) is 0 Å². The molecular formula is C27H31N5O2. The van der Waals surface area contributed by atoms with E-state index >= 15 is 0 Å². The molecule has 1 aromatic carbocycles. The number of rotatable bonds is 5. The van der Waals surface area contributed by atoms with Crippen molar-refractivity contribution in [1.82, 2.24) is 14.5 Å². The Morgan fingerprint density at radius 3 is 2.74 bits per heavy atom. The maximum atomic E-state index is 11.0. The number of aryl methyl sites for hydroxylation is 1. The van der Waals surface area contributed by atoms with Crippen molar-refractivity contribution >= 4 is 33.4 Å². The van der Waals surface area contributed by atoms with Crippen LogP contribution in [0.15, 0.2) is 48.8 Å². The number of anilines is 2. The molecule has 6 N–H and O–H groups in total. The zero-order chi connectivity index (χ0) is 23.6. The second kappa shape index (κ2) is 7.68. The van der Waals surface area contributed by atoms with Gasteiger partial charge in [-0.25, -0.2) is 9.97 Å². The normalized spacial score (nSPS) is 27.1. The van der Waals surface area contributed by atoms with E-state index in [1.54, 1.807) is 12.3 Å². The van der Waals surface area contributed by atoms with Crippen LogP contribution >= 0.6 is 0 Å². The number of nitrogens with zero attached hydrogens (tertiary/aromatic N) is 3. The van der Waals surface area contributed by atoms with E-state index in [0.717, 1.165) is 40.3 Å². The first kappa shape index (κ1) is 21.4. The van der Waals surface area contributed by atoms with E-state index in [9.17, 15) is 10.2 Å². The van der Waals surface area contributed by atoms with Gasteiger partial charge in [-0.05, 0) is 78.8 Å². The van der Waals surface area contributed by atoms with Crippen LogP contribution in [0.25, 0.3) is 21.9 Å². The number of nitrogens with two attached hydrogens (primary N) is 2. The number of aliphatic hydroxyl groups is 2. The summed E-state index contributed by atoms with van der Waals surface area (Å²) < 4.78 is 1.96. The molecule has 0 bridgehead atoms.